The molecular formula is C17H17N3O. The van der Waals surface area contributed by atoms with Crippen LogP contribution in [0.3, 0.4) is 0 Å². The Morgan fingerprint density at radius 1 is 1.24 bits per heavy atom. The van der Waals surface area contributed by atoms with Gasteiger partial charge in [-0.05, 0) is 47.7 Å². The summed E-state index contributed by atoms with van der Waals surface area (Å²) >= 11 is 0. The molecule has 3 rings (SSSR count). The van der Waals surface area contributed by atoms with Crippen molar-refractivity contribution >= 4 is 16.8 Å². The van der Waals surface area contributed by atoms with Crippen molar-refractivity contribution in [3.05, 3.63) is 65.6 Å². The van der Waals surface area contributed by atoms with Gasteiger partial charge in [0.25, 0.3) is 0 Å². The molecule has 0 bridgehead atoms. The Labute approximate surface area is 123 Å². The smallest absolute Gasteiger partial charge is 0.224 e. The molecule has 0 aliphatic carbocycles. The molecule has 0 spiro atoms. The number of hydrogen-bond acceptors (Lipinski definition) is 2. The van der Waals surface area contributed by atoms with Crippen LogP contribution >= 0.6 is 0 Å². The van der Waals surface area contributed by atoms with Gasteiger partial charge in [0.05, 0.1) is 6.42 Å². The molecule has 0 aliphatic heterocycles. The third-order valence-corrected chi connectivity index (χ3v) is 3.40. The van der Waals surface area contributed by atoms with Gasteiger partial charge in [0.2, 0.25) is 5.91 Å². The van der Waals surface area contributed by atoms with E-state index in [2.05, 4.69) is 27.4 Å². The molecule has 0 radical (unpaired) electrons. The third kappa shape index (κ3) is 3.28. The van der Waals surface area contributed by atoms with Crippen molar-refractivity contribution in [3.63, 3.8) is 0 Å². The third-order valence-electron chi connectivity index (χ3n) is 3.40. The number of benzene rings is 1. The molecule has 0 unspecified atom stereocenters. The number of nitrogens with one attached hydrogen (secondary N) is 2. The average Bonchev–Trinajstić information content (AvgIpc) is 2.85. The zero-order valence-electron chi connectivity index (χ0n) is 11.9. The zero-order chi connectivity index (χ0) is 14.7. The topological polar surface area (TPSA) is 57.8 Å². The quantitative estimate of drug-likeness (QED) is 0.771. The number of H-pyrrole nitrogens is 1. The summed E-state index contributed by atoms with van der Waals surface area (Å²) in [6.07, 6.45) is 3.87. The van der Waals surface area contributed by atoms with E-state index in [0.29, 0.717) is 13.0 Å². The van der Waals surface area contributed by atoms with E-state index in [-0.39, 0.29) is 5.91 Å². The number of aromatic nitrogens is 2. The monoisotopic (exact) mass is 279 g/mol. The summed E-state index contributed by atoms with van der Waals surface area (Å²) < 4.78 is 0. The number of nitrogens with zero attached hydrogens (tertiary/aromatic N) is 1. The van der Waals surface area contributed by atoms with E-state index >= 15 is 0 Å². The Kier molecular flexibility index (Phi) is 3.69. The molecule has 0 saturated heterocycles. The number of hydrogen-bond donors (Lipinski definition) is 2. The first-order chi connectivity index (χ1) is 10.2. The summed E-state index contributed by atoms with van der Waals surface area (Å²) in [4.78, 5) is 19.3. The van der Waals surface area contributed by atoms with Gasteiger partial charge in [-0.3, -0.25) is 9.78 Å². The second-order valence-electron chi connectivity index (χ2n) is 5.19. The van der Waals surface area contributed by atoms with Crippen molar-refractivity contribution in [1.29, 1.82) is 0 Å². The highest BCUT2D eigenvalue weighted by atomic mass is 16.1. The minimum Gasteiger partial charge on any atom is -0.359 e. The first-order valence-corrected chi connectivity index (χ1v) is 6.94. The Morgan fingerprint density at radius 3 is 2.95 bits per heavy atom. The summed E-state index contributed by atoms with van der Waals surface area (Å²) in [5, 5.41) is 4.06. The Balaban J connectivity index is 1.63. The van der Waals surface area contributed by atoms with Crippen molar-refractivity contribution in [2.75, 3.05) is 0 Å². The molecule has 1 aromatic carbocycles. The van der Waals surface area contributed by atoms with Crippen molar-refractivity contribution in [2.24, 2.45) is 0 Å². The summed E-state index contributed by atoms with van der Waals surface area (Å²) in [6, 6.07) is 12.0. The summed E-state index contributed by atoms with van der Waals surface area (Å²) in [5.74, 6) is 0.0189. The zero-order valence-corrected chi connectivity index (χ0v) is 11.9. The van der Waals surface area contributed by atoms with Crippen LogP contribution in [0.4, 0.5) is 0 Å². The standard InChI is InChI=1S/C17H17N3O/c1-12-7-15-8-13(4-5-16(15)20-12)9-17(21)19-11-14-3-2-6-18-10-14/h2-8,10,20H,9,11H2,1H3,(H,19,21). The van der Waals surface area contributed by atoms with E-state index < -0.39 is 0 Å². The summed E-state index contributed by atoms with van der Waals surface area (Å²) in [7, 11) is 0. The maximum Gasteiger partial charge on any atom is 0.224 e. The summed E-state index contributed by atoms with van der Waals surface area (Å²) in [5.41, 5.74) is 4.25. The van der Waals surface area contributed by atoms with Crippen LogP contribution in [0.5, 0.6) is 0 Å². The second-order valence-corrected chi connectivity index (χ2v) is 5.19. The Morgan fingerprint density at radius 2 is 2.14 bits per heavy atom. The molecule has 0 aliphatic rings. The lowest BCUT2D eigenvalue weighted by Crippen LogP contribution is -2.24. The van der Waals surface area contributed by atoms with Gasteiger partial charge < -0.3 is 10.3 Å². The first kappa shape index (κ1) is 13.4. The molecule has 21 heavy (non-hydrogen) atoms. The molecule has 4 heteroatoms. The van der Waals surface area contributed by atoms with Crippen LogP contribution in [0.15, 0.2) is 48.8 Å². The maximum atomic E-state index is 12.0. The number of carbonyl (C=O) groups is 1. The van der Waals surface area contributed by atoms with Gasteiger partial charge in [-0.15, -0.1) is 0 Å². The molecule has 2 heterocycles. The molecule has 2 aromatic heterocycles. The van der Waals surface area contributed by atoms with Crippen molar-refractivity contribution < 1.29 is 4.79 Å². The molecule has 0 atom stereocenters. The van der Waals surface area contributed by atoms with Crippen LogP contribution in [0.2, 0.25) is 0 Å². The maximum absolute atomic E-state index is 12.0. The lowest BCUT2D eigenvalue weighted by Gasteiger charge is -2.05. The number of rotatable bonds is 4. The largest absolute Gasteiger partial charge is 0.359 e. The number of aromatic amines is 1. The van der Waals surface area contributed by atoms with Crippen LogP contribution in [0, 0.1) is 6.92 Å². The highest BCUT2D eigenvalue weighted by Crippen LogP contribution is 2.17. The molecule has 2 N–H and O–H groups in total. The van der Waals surface area contributed by atoms with Gasteiger partial charge in [0, 0.05) is 30.1 Å². The second kappa shape index (κ2) is 5.79. The number of amides is 1. The molecule has 106 valence electrons. The van der Waals surface area contributed by atoms with E-state index in [0.717, 1.165) is 27.7 Å². The van der Waals surface area contributed by atoms with Crippen LogP contribution in [-0.2, 0) is 17.8 Å². The van der Waals surface area contributed by atoms with Crippen LogP contribution < -0.4 is 5.32 Å². The predicted octanol–water partition coefficient (Wildman–Crippen LogP) is 2.73. The minimum absolute atomic E-state index is 0.0189. The van der Waals surface area contributed by atoms with Gasteiger partial charge >= 0.3 is 0 Å². The fourth-order valence-corrected chi connectivity index (χ4v) is 2.39. The first-order valence-electron chi connectivity index (χ1n) is 6.94. The SMILES string of the molecule is Cc1cc2cc(CC(=O)NCc3cccnc3)ccc2[nH]1. The van der Waals surface area contributed by atoms with Crippen LogP contribution in [-0.4, -0.2) is 15.9 Å². The summed E-state index contributed by atoms with van der Waals surface area (Å²) in [6.45, 7) is 2.54. The van der Waals surface area contributed by atoms with Crippen LogP contribution in [0.25, 0.3) is 10.9 Å². The van der Waals surface area contributed by atoms with E-state index in [4.69, 9.17) is 0 Å². The highest BCUT2D eigenvalue weighted by Gasteiger charge is 2.05. The molecule has 3 aromatic rings. The van der Waals surface area contributed by atoms with Crippen molar-refractivity contribution in [3.8, 4) is 0 Å². The molecule has 0 fully saturated rings. The van der Waals surface area contributed by atoms with Crippen molar-refractivity contribution in [2.45, 2.75) is 19.9 Å². The lowest BCUT2D eigenvalue weighted by molar-refractivity contribution is -0.120. The van der Waals surface area contributed by atoms with Crippen LogP contribution in [0.1, 0.15) is 16.8 Å². The van der Waals surface area contributed by atoms with Gasteiger partial charge in [0.1, 0.15) is 0 Å². The van der Waals surface area contributed by atoms with E-state index in [1.807, 2.05) is 31.2 Å². The number of aryl methyl sites for hydroxylation is 1. The molecule has 1 amide bonds. The van der Waals surface area contributed by atoms with Gasteiger partial charge in [-0.1, -0.05) is 12.1 Å². The van der Waals surface area contributed by atoms with E-state index in [1.165, 1.54) is 0 Å². The normalized spacial score (nSPS) is 10.7. The van der Waals surface area contributed by atoms with E-state index in [1.54, 1.807) is 12.4 Å². The lowest BCUT2D eigenvalue weighted by atomic mass is 10.1. The number of pyridine rings is 1. The van der Waals surface area contributed by atoms with Gasteiger partial charge in [-0.2, -0.15) is 0 Å². The highest BCUT2D eigenvalue weighted by molar-refractivity contribution is 5.84. The van der Waals surface area contributed by atoms with Crippen molar-refractivity contribution in [1.82, 2.24) is 15.3 Å². The fraction of sp³-hybridized carbons (Fsp3) is 0.176. The minimum atomic E-state index is 0.0189. The van der Waals surface area contributed by atoms with Gasteiger partial charge in [0.15, 0.2) is 0 Å². The fourth-order valence-electron chi connectivity index (χ4n) is 2.39. The average molecular weight is 279 g/mol. The molecule has 4 nitrogen and oxygen atoms in total. The molecular weight excluding hydrogens is 262 g/mol. The predicted molar refractivity (Wildman–Crippen MR) is 82.8 cm³/mol. The number of carbonyl (C=O) groups excluding carboxylic acids is 1. The Bertz CT molecular complexity index is 762. The van der Waals surface area contributed by atoms with Gasteiger partial charge in [-0.25, -0.2) is 0 Å². The number of fused-ring (bicyclic) bond motifs is 1. The Hall–Kier alpha value is -2.62. The van der Waals surface area contributed by atoms with E-state index in [9.17, 15) is 4.79 Å². The molecule has 0 saturated carbocycles.